The molecule has 10 rings (SSSR count). The first-order valence-electron chi connectivity index (χ1n) is 15.6. The van der Waals surface area contributed by atoms with Gasteiger partial charge in [-0.05, 0) is 69.3 Å². The molecule has 0 spiro atoms. The summed E-state index contributed by atoms with van der Waals surface area (Å²) in [6.07, 6.45) is 0. The maximum absolute atomic E-state index is 6.89. The van der Waals surface area contributed by atoms with Crippen molar-refractivity contribution in [2.45, 2.75) is 38.5 Å². The molecule has 6 aromatic carbocycles. The topological polar surface area (TPSA) is 18.1 Å². The molecule has 2 aromatic heterocycles. The summed E-state index contributed by atoms with van der Waals surface area (Å²) in [6, 6.07) is 42.4. The van der Waals surface area contributed by atoms with Crippen LogP contribution in [0.3, 0.4) is 0 Å². The fourth-order valence-electron chi connectivity index (χ4n) is 8.77. The summed E-state index contributed by atoms with van der Waals surface area (Å²) >= 11 is 0. The molecule has 0 atom stereocenters. The summed E-state index contributed by atoms with van der Waals surface area (Å²) in [5, 5.41) is 5.00. The van der Waals surface area contributed by atoms with Crippen LogP contribution in [0.25, 0.3) is 71.7 Å². The third-order valence-electron chi connectivity index (χ3n) is 10.7. The Morgan fingerprint density at radius 3 is 2.00 bits per heavy atom. The molecule has 2 aliphatic rings. The molecule has 0 fully saturated rings. The molecule has 2 aliphatic carbocycles. The van der Waals surface area contributed by atoms with Crippen LogP contribution in [0.1, 0.15) is 49.9 Å². The third-order valence-corrected chi connectivity index (χ3v) is 10.7. The van der Waals surface area contributed by atoms with Gasteiger partial charge >= 0.3 is 0 Å². The van der Waals surface area contributed by atoms with Gasteiger partial charge in [-0.3, -0.25) is 0 Å². The number of benzene rings is 6. The first-order chi connectivity index (χ1) is 21.4. The van der Waals surface area contributed by atoms with Crippen LogP contribution in [0.4, 0.5) is 0 Å². The largest absolute Gasteiger partial charge is 0.455 e. The molecule has 0 aliphatic heterocycles. The van der Waals surface area contributed by atoms with E-state index in [1.807, 2.05) is 0 Å². The van der Waals surface area contributed by atoms with Crippen molar-refractivity contribution in [1.82, 2.24) is 4.57 Å². The minimum atomic E-state index is -0.205. The molecule has 44 heavy (non-hydrogen) atoms. The smallest absolute Gasteiger partial charge is 0.145 e. The first-order valence-corrected chi connectivity index (χ1v) is 15.6. The van der Waals surface area contributed by atoms with Crippen molar-refractivity contribution in [1.29, 1.82) is 0 Å². The van der Waals surface area contributed by atoms with E-state index >= 15 is 0 Å². The second-order valence-electron chi connectivity index (χ2n) is 13.7. The molecule has 8 aromatic rings. The van der Waals surface area contributed by atoms with Gasteiger partial charge in [0.1, 0.15) is 11.2 Å². The summed E-state index contributed by atoms with van der Waals surface area (Å²) in [5.74, 6) is 0. The molecule has 0 amide bonds. The predicted octanol–water partition coefficient (Wildman–Crippen LogP) is 11.3. The lowest BCUT2D eigenvalue weighted by molar-refractivity contribution is 0.658. The summed E-state index contributed by atoms with van der Waals surface area (Å²) in [4.78, 5) is 0. The van der Waals surface area contributed by atoms with E-state index in [9.17, 15) is 0 Å². The second-order valence-corrected chi connectivity index (χ2v) is 13.7. The van der Waals surface area contributed by atoms with Crippen LogP contribution in [0, 0.1) is 0 Å². The van der Waals surface area contributed by atoms with Gasteiger partial charge < -0.3 is 8.98 Å². The van der Waals surface area contributed by atoms with Gasteiger partial charge in [0.05, 0.1) is 16.4 Å². The SMILES string of the molecule is CC1(C)c2ccccc2-c2cc3c4c5c(c6oc7ccccc7c6c4n(-c4ccccc4)c3cc21)-c1ccccc1C5(C)C. The molecular weight excluding hydrogens is 534 g/mol. The highest BCUT2D eigenvalue weighted by Gasteiger charge is 2.42. The average molecular weight is 566 g/mol. The van der Waals surface area contributed by atoms with Gasteiger partial charge in [0, 0.05) is 38.2 Å². The van der Waals surface area contributed by atoms with Crippen molar-refractivity contribution in [2.75, 3.05) is 0 Å². The van der Waals surface area contributed by atoms with Crippen LogP contribution < -0.4 is 0 Å². The Labute approximate surface area is 256 Å². The Kier molecular flexibility index (Phi) is 4.37. The highest BCUT2D eigenvalue weighted by molar-refractivity contribution is 6.30. The molecule has 2 heteroatoms. The normalized spacial score (nSPS) is 15.6. The lowest BCUT2D eigenvalue weighted by Gasteiger charge is -2.23. The van der Waals surface area contributed by atoms with Crippen LogP contribution in [0.5, 0.6) is 0 Å². The van der Waals surface area contributed by atoms with Crippen LogP contribution >= 0.6 is 0 Å². The number of aromatic nitrogens is 1. The van der Waals surface area contributed by atoms with Crippen molar-refractivity contribution >= 4 is 43.7 Å². The predicted molar refractivity (Wildman–Crippen MR) is 183 cm³/mol. The molecule has 0 radical (unpaired) electrons. The summed E-state index contributed by atoms with van der Waals surface area (Å²) in [5.41, 5.74) is 16.0. The number of hydrogen-bond acceptors (Lipinski definition) is 1. The summed E-state index contributed by atoms with van der Waals surface area (Å²) in [6.45, 7) is 9.53. The minimum absolute atomic E-state index is 0.0901. The Morgan fingerprint density at radius 2 is 1.20 bits per heavy atom. The highest BCUT2D eigenvalue weighted by Crippen LogP contribution is 2.59. The van der Waals surface area contributed by atoms with Crippen LogP contribution in [-0.2, 0) is 10.8 Å². The van der Waals surface area contributed by atoms with E-state index in [0.29, 0.717) is 0 Å². The number of hydrogen-bond donors (Lipinski definition) is 0. The van der Waals surface area contributed by atoms with E-state index in [2.05, 4.69) is 148 Å². The standard InChI is InChI=1S/C42H31NO/c1-41(2)30-19-11-8-16-25(30)28-22-29-33(23-32(28)41)43(24-14-6-5-7-15-24)39-35(29)38-36(26-17-9-12-20-31(26)42(38,3)4)40-37(39)27-18-10-13-21-34(27)44-40/h5-23H,1-4H3. The Morgan fingerprint density at radius 1 is 0.545 bits per heavy atom. The summed E-state index contributed by atoms with van der Waals surface area (Å²) in [7, 11) is 0. The lowest BCUT2D eigenvalue weighted by atomic mass is 9.79. The number of rotatable bonds is 1. The van der Waals surface area contributed by atoms with Crippen molar-refractivity contribution in [3.05, 3.63) is 138 Å². The molecule has 0 bridgehead atoms. The number of furan rings is 1. The molecule has 0 N–H and O–H groups in total. The van der Waals surface area contributed by atoms with Gasteiger partial charge in [-0.1, -0.05) is 113 Å². The van der Waals surface area contributed by atoms with E-state index in [1.54, 1.807) is 0 Å². The van der Waals surface area contributed by atoms with Crippen molar-refractivity contribution in [3.63, 3.8) is 0 Å². The fraction of sp³-hybridized carbons (Fsp3) is 0.143. The van der Waals surface area contributed by atoms with E-state index < -0.39 is 0 Å². The van der Waals surface area contributed by atoms with Gasteiger partial charge in [-0.2, -0.15) is 0 Å². The quantitative estimate of drug-likeness (QED) is 0.194. The van der Waals surface area contributed by atoms with E-state index in [1.165, 1.54) is 77.4 Å². The van der Waals surface area contributed by atoms with Crippen molar-refractivity contribution in [3.8, 4) is 27.9 Å². The van der Waals surface area contributed by atoms with Gasteiger partial charge in [0.15, 0.2) is 0 Å². The Balaban J connectivity index is 1.53. The monoisotopic (exact) mass is 565 g/mol. The van der Waals surface area contributed by atoms with Crippen molar-refractivity contribution < 1.29 is 4.42 Å². The lowest BCUT2D eigenvalue weighted by Crippen LogP contribution is -2.15. The molecule has 0 unspecified atom stereocenters. The van der Waals surface area contributed by atoms with Gasteiger partial charge in [0.25, 0.3) is 0 Å². The molecule has 2 heterocycles. The zero-order valence-electron chi connectivity index (χ0n) is 25.3. The maximum Gasteiger partial charge on any atom is 0.145 e. The molecule has 210 valence electrons. The van der Waals surface area contributed by atoms with Crippen LogP contribution in [-0.4, -0.2) is 4.57 Å². The Hall–Kier alpha value is -5.08. The Bertz CT molecular complexity index is 2540. The second kappa shape index (κ2) is 7.89. The minimum Gasteiger partial charge on any atom is -0.455 e. The molecule has 0 saturated heterocycles. The van der Waals surface area contributed by atoms with Crippen LogP contribution in [0.15, 0.2) is 120 Å². The van der Waals surface area contributed by atoms with E-state index in [0.717, 1.165) is 16.6 Å². The fourth-order valence-corrected chi connectivity index (χ4v) is 8.77. The summed E-state index contributed by atoms with van der Waals surface area (Å²) < 4.78 is 9.41. The first kappa shape index (κ1) is 24.4. The number of para-hydroxylation sites is 2. The molecule has 0 saturated carbocycles. The number of nitrogens with zero attached hydrogens (tertiary/aromatic N) is 1. The van der Waals surface area contributed by atoms with E-state index in [4.69, 9.17) is 4.42 Å². The zero-order chi connectivity index (χ0) is 29.5. The van der Waals surface area contributed by atoms with Crippen LogP contribution in [0.2, 0.25) is 0 Å². The number of fused-ring (bicyclic) bond motifs is 15. The zero-order valence-corrected chi connectivity index (χ0v) is 25.3. The molecule has 2 nitrogen and oxygen atoms in total. The average Bonchev–Trinajstić information content (AvgIpc) is 3.72. The van der Waals surface area contributed by atoms with Crippen molar-refractivity contribution in [2.24, 2.45) is 0 Å². The third kappa shape index (κ3) is 2.74. The van der Waals surface area contributed by atoms with Gasteiger partial charge in [0.2, 0.25) is 0 Å². The maximum atomic E-state index is 6.89. The van der Waals surface area contributed by atoms with Gasteiger partial charge in [-0.25, -0.2) is 0 Å². The molecular formula is C42H31NO. The highest BCUT2D eigenvalue weighted by atomic mass is 16.3. The van der Waals surface area contributed by atoms with Gasteiger partial charge in [-0.15, -0.1) is 0 Å². The van der Waals surface area contributed by atoms with E-state index in [-0.39, 0.29) is 10.8 Å².